The average Bonchev–Trinajstić information content (AvgIpc) is 3.13. The SMILES string of the molecule is COc1nc2ccc(C(O)(c3cnnn3C)C3CN(C(C)=O)C3)cc2c(Cl)c1OC(F)(F)F. The molecule has 1 saturated heterocycles. The Bertz CT molecular complexity index is 1230. The van der Waals surface area contributed by atoms with Crippen LogP contribution >= 0.6 is 11.6 Å². The Morgan fingerprint density at radius 1 is 1.30 bits per heavy atom. The number of nitrogens with zero attached hydrogens (tertiary/aromatic N) is 5. The van der Waals surface area contributed by atoms with Crippen LogP contribution in [0.5, 0.6) is 11.6 Å². The Morgan fingerprint density at radius 3 is 2.55 bits per heavy atom. The molecule has 1 amide bonds. The molecule has 1 aliphatic rings. The number of fused-ring (bicyclic) bond motifs is 1. The first-order valence-electron chi connectivity index (χ1n) is 9.72. The molecule has 0 aliphatic carbocycles. The number of carbonyl (C=O) groups excluding carboxylic acids is 1. The Morgan fingerprint density at radius 2 is 2.00 bits per heavy atom. The maximum Gasteiger partial charge on any atom is 0.573 e. The first kappa shape index (κ1) is 23.1. The van der Waals surface area contributed by atoms with Gasteiger partial charge in [0.05, 0.1) is 29.5 Å². The average molecular weight is 486 g/mol. The number of likely N-dealkylation sites (tertiary alicyclic amines) is 1. The van der Waals surface area contributed by atoms with Gasteiger partial charge in [0.2, 0.25) is 11.7 Å². The molecule has 1 unspecified atom stereocenters. The van der Waals surface area contributed by atoms with Crippen LogP contribution in [0.3, 0.4) is 0 Å². The van der Waals surface area contributed by atoms with Gasteiger partial charge in [-0.1, -0.05) is 22.9 Å². The second-order valence-electron chi connectivity index (χ2n) is 7.67. The van der Waals surface area contributed by atoms with E-state index in [4.69, 9.17) is 16.3 Å². The largest absolute Gasteiger partial charge is 0.573 e. The third-order valence-corrected chi connectivity index (χ3v) is 6.10. The van der Waals surface area contributed by atoms with E-state index in [1.54, 1.807) is 18.0 Å². The molecule has 1 fully saturated rings. The van der Waals surface area contributed by atoms with E-state index in [0.717, 1.165) is 7.11 Å². The van der Waals surface area contributed by atoms with Crippen molar-refractivity contribution in [1.29, 1.82) is 0 Å². The highest BCUT2D eigenvalue weighted by Crippen LogP contribution is 2.45. The van der Waals surface area contributed by atoms with Crippen LogP contribution in [0.2, 0.25) is 5.02 Å². The second kappa shape index (κ2) is 8.03. The highest BCUT2D eigenvalue weighted by molar-refractivity contribution is 6.37. The first-order chi connectivity index (χ1) is 15.5. The fourth-order valence-corrected chi connectivity index (χ4v) is 4.26. The topological polar surface area (TPSA) is 103 Å². The molecule has 1 atom stereocenters. The number of methoxy groups -OCH3 is 1. The lowest BCUT2D eigenvalue weighted by atomic mass is 9.74. The lowest BCUT2D eigenvalue weighted by Crippen LogP contribution is -2.58. The van der Waals surface area contributed by atoms with Crippen LogP contribution in [0.15, 0.2) is 24.4 Å². The molecule has 9 nitrogen and oxygen atoms in total. The lowest BCUT2D eigenvalue weighted by Gasteiger charge is -2.47. The van der Waals surface area contributed by atoms with Gasteiger partial charge < -0.3 is 19.5 Å². The number of benzene rings is 1. The predicted molar refractivity (Wildman–Crippen MR) is 110 cm³/mol. The third kappa shape index (κ3) is 3.93. The zero-order valence-corrected chi connectivity index (χ0v) is 18.5. The zero-order valence-electron chi connectivity index (χ0n) is 17.7. The summed E-state index contributed by atoms with van der Waals surface area (Å²) in [6, 6.07) is 4.53. The van der Waals surface area contributed by atoms with Crippen LogP contribution in [-0.2, 0) is 17.4 Å². The quantitative estimate of drug-likeness (QED) is 0.592. The molecule has 3 heterocycles. The minimum Gasteiger partial charge on any atom is -0.478 e. The number of aliphatic hydroxyl groups is 1. The minimum absolute atomic E-state index is 0.116. The summed E-state index contributed by atoms with van der Waals surface area (Å²) in [5.74, 6) is -1.77. The van der Waals surface area contributed by atoms with Crippen LogP contribution in [0.4, 0.5) is 13.2 Å². The van der Waals surface area contributed by atoms with E-state index >= 15 is 0 Å². The van der Waals surface area contributed by atoms with Crippen molar-refractivity contribution in [2.75, 3.05) is 20.2 Å². The van der Waals surface area contributed by atoms with Crippen molar-refractivity contribution < 1.29 is 32.5 Å². The summed E-state index contributed by atoms with van der Waals surface area (Å²) in [5.41, 5.74) is -0.758. The number of aromatic nitrogens is 4. The fourth-order valence-electron chi connectivity index (χ4n) is 3.99. The Hall–Kier alpha value is -3.12. The number of hydrogen-bond donors (Lipinski definition) is 1. The molecular weight excluding hydrogens is 467 g/mol. The number of hydrogen-bond acceptors (Lipinski definition) is 7. The van der Waals surface area contributed by atoms with Crippen molar-refractivity contribution in [2.24, 2.45) is 13.0 Å². The molecule has 3 aromatic rings. The van der Waals surface area contributed by atoms with Gasteiger partial charge in [-0.25, -0.2) is 9.67 Å². The normalized spacial score (nSPS) is 16.4. The van der Waals surface area contributed by atoms with Gasteiger partial charge in [0.15, 0.2) is 0 Å². The Labute approximate surface area is 190 Å². The Balaban J connectivity index is 1.88. The molecule has 0 radical (unpaired) electrons. The molecule has 2 aromatic heterocycles. The molecule has 33 heavy (non-hydrogen) atoms. The van der Waals surface area contributed by atoms with Crippen molar-refractivity contribution in [2.45, 2.75) is 18.9 Å². The summed E-state index contributed by atoms with van der Waals surface area (Å²) < 4.78 is 49.2. The van der Waals surface area contributed by atoms with Crippen molar-refractivity contribution in [3.63, 3.8) is 0 Å². The van der Waals surface area contributed by atoms with Crippen LogP contribution in [0, 0.1) is 5.92 Å². The summed E-state index contributed by atoms with van der Waals surface area (Å²) in [7, 11) is 2.75. The first-order valence-corrected chi connectivity index (χ1v) is 10.1. The van der Waals surface area contributed by atoms with Gasteiger partial charge in [0.25, 0.3) is 5.88 Å². The van der Waals surface area contributed by atoms with Crippen LogP contribution in [-0.4, -0.2) is 62.5 Å². The van der Waals surface area contributed by atoms with E-state index in [0.29, 0.717) is 11.3 Å². The number of amides is 1. The van der Waals surface area contributed by atoms with Crippen molar-refractivity contribution in [1.82, 2.24) is 24.9 Å². The number of alkyl halides is 3. The standard InChI is InChI=1S/C20H19ClF3N5O4/c1-10(30)29-8-12(9-29)19(31,15-7-25-27-28(15)2)11-4-5-14-13(6-11)16(21)17(18(26-14)32-3)33-20(22,23)24/h4-7,12,31H,8-9H2,1-3H3. The minimum atomic E-state index is -5.02. The van der Waals surface area contributed by atoms with Gasteiger partial charge in [-0.15, -0.1) is 18.3 Å². The maximum atomic E-state index is 12.9. The van der Waals surface area contributed by atoms with Gasteiger partial charge in [-0.3, -0.25) is 4.79 Å². The lowest BCUT2D eigenvalue weighted by molar-refractivity contribution is -0.275. The van der Waals surface area contributed by atoms with E-state index in [9.17, 15) is 23.1 Å². The molecule has 0 saturated carbocycles. The molecule has 1 N–H and O–H groups in total. The molecule has 1 aromatic carbocycles. The van der Waals surface area contributed by atoms with Crippen LogP contribution < -0.4 is 9.47 Å². The Kier molecular flexibility index (Phi) is 5.61. The maximum absolute atomic E-state index is 12.9. The van der Waals surface area contributed by atoms with Crippen molar-refractivity contribution >= 4 is 28.4 Å². The molecule has 0 bridgehead atoms. The number of aryl methyl sites for hydroxylation is 1. The summed E-state index contributed by atoms with van der Waals surface area (Å²) in [4.78, 5) is 17.3. The number of carbonyl (C=O) groups is 1. The third-order valence-electron chi connectivity index (χ3n) is 5.72. The molecular formula is C20H19ClF3N5O4. The van der Waals surface area contributed by atoms with Crippen molar-refractivity contribution in [3.8, 4) is 11.6 Å². The van der Waals surface area contributed by atoms with Crippen molar-refractivity contribution in [3.05, 3.63) is 40.7 Å². The monoisotopic (exact) mass is 485 g/mol. The fraction of sp³-hybridized carbons (Fsp3) is 0.400. The van der Waals surface area contributed by atoms with Gasteiger partial charge in [0.1, 0.15) is 5.60 Å². The molecule has 4 rings (SSSR count). The molecule has 1 aliphatic heterocycles. The van der Waals surface area contributed by atoms with Crippen LogP contribution in [0.25, 0.3) is 10.9 Å². The highest BCUT2D eigenvalue weighted by atomic mass is 35.5. The van der Waals surface area contributed by atoms with E-state index in [1.165, 1.54) is 29.9 Å². The summed E-state index contributed by atoms with van der Waals surface area (Å²) in [6.07, 6.45) is -3.63. The number of halogens is 4. The zero-order chi connectivity index (χ0) is 24.1. The van der Waals surface area contributed by atoms with Gasteiger partial charge in [-0.2, -0.15) is 0 Å². The number of rotatable bonds is 5. The van der Waals surface area contributed by atoms with E-state index in [2.05, 4.69) is 20.0 Å². The van der Waals surface area contributed by atoms with Gasteiger partial charge in [0, 0.05) is 38.4 Å². The molecule has 0 spiro atoms. The highest BCUT2D eigenvalue weighted by Gasteiger charge is 2.49. The van der Waals surface area contributed by atoms with Crippen LogP contribution in [0.1, 0.15) is 18.2 Å². The number of pyridine rings is 1. The molecule has 176 valence electrons. The van der Waals surface area contributed by atoms with E-state index in [1.807, 2.05) is 0 Å². The summed E-state index contributed by atoms with van der Waals surface area (Å²) in [5, 5.41) is 19.4. The predicted octanol–water partition coefficient (Wildman–Crippen LogP) is 2.64. The van der Waals surface area contributed by atoms with Gasteiger partial charge in [-0.05, 0) is 17.7 Å². The second-order valence-corrected chi connectivity index (χ2v) is 8.05. The summed E-state index contributed by atoms with van der Waals surface area (Å²) >= 11 is 6.29. The smallest absolute Gasteiger partial charge is 0.478 e. The van der Waals surface area contributed by atoms with Gasteiger partial charge >= 0.3 is 6.36 Å². The summed E-state index contributed by atoms with van der Waals surface area (Å²) in [6.45, 7) is 1.97. The molecule has 13 heteroatoms. The van der Waals surface area contributed by atoms with E-state index in [-0.39, 0.29) is 34.9 Å². The number of ether oxygens (including phenoxy) is 2. The van der Waals surface area contributed by atoms with E-state index < -0.39 is 29.5 Å².